The first-order chi connectivity index (χ1) is 24.6. The molecule has 0 spiro atoms. The summed E-state index contributed by atoms with van der Waals surface area (Å²) in [7, 11) is -1.60. The maximum atomic E-state index is 15.2. The molecule has 4 aromatic rings. The van der Waals surface area contributed by atoms with Gasteiger partial charge in [0.2, 0.25) is 11.8 Å². The molecule has 0 radical (unpaired) electrons. The Morgan fingerprint density at radius 3 is 2.20 bits per heavy atom. The average molecular weight is 718 g/mol. The average Bonchev–Trinajstić information content (AvgIpc) is 3.66. The van der Waals surface area contributed by atoms with Gasteiger partial charge in [-0.05, 0) is 67.8 Å². The third-order valence-corrected chi connectivity index (χ3v) is 10.7. The fourth-order valence-electron chi connectivity index (χ4n) is 6.24. The molecular weight excluding hydrogens is 674 g/mol. The highest BCUT2D eigenvalue weighted by molar-refractivity contribution is 7.92. The molecule has 1 fully saturated rings. The van der Waals surface area contributed by atoms with E-state index in [1.165, 1.54) is 43.4 Å². The lowest BCUT2D eigenvalue weighted by atomic mass is 10.0. The zero-order valence-electron chi connectivity index (χ0n) is 29.1. The van der Waals surface area contributed by atoms with E-state index in [-0.39, 0.29) is 46.8 Å². The summed E-state index contributed by atoms with van der Waals surface area (Å²) in [6.45, 7) is 1.28. The quantitative estimate of drug-likeness (QED) is 0.148. The van der Waals surface area contributed by atoms with Crippen LogP contribution in [-0.2, 0) is 32.6 Å². The van der Waals surface area contributed by atoms with Gasteiger partial charge in [0.25, 0.3) is 10.0 Å². The molecule has 0 heterocycles. The standard InChI is InChI=1S/C39H44FN3O7S/c1-4-50-32-20-18-31(19-21-32)43(51(46,47)33-22-23-36(48-2)37(25-33)49-3)27-38(44)42(26-29-14-8-11-17-34(29)40)35(24-28-12-6-5-7-13-28)39(45)41-30-15-9-10-16-30/h5-8,11-14,17-23,25,30,35H,4,9-10,15-16,24,26-27H2,1-3H3,(H,41,45)/t35-/m0/s1. The first-order valence-electron chi connectivity index (χ1n) is 17.0. The number of hydrogen-bond acceptors (Lipinski definition) is 7. The number of methoxy groups -OCH3 is 2. The molecular formula is C39H44FN3O7S. The molecule has 1 N–H and O–H groups in total. The topological polar surface area (TPSA) is 114 Å². The van der Waals surface area contributed by atoms with Crippen LogP contribution in [0.25, 0.3) is 0 Å². The Kier molecular flexibility index (Phi) is 12.5. The number of hydrogen-bond donors (Lipinski definition) is 1. The summed E-state index contributed by atoms with van der Waals surface area (Å²) in [6, 6.07) is 24.6. The summed E-state index contributed by atoms with van der Waals surface area (Å²) in [4.78, 5) is 30.0. The predicted molar refractivity (Wildman–Crippen MR) is 193 cm³/mol. The van der Waals surface area contributed by atoms with Gasteiger partial charge in [-0.15, -0.1) is 0 Å². The predicted octanol–water partition coefficient (Wildman–Crippen LogP) is 6.14. The number of anilines is 1. The molecule has 1 saturated carbocycles. The van der Waals surface area contributed by atoms with E-state index in [0.717, 1.165) is 35.6 Å². The van der Waals surface area contributed by atoms with E-state index >= 15 is 4.39 Å². The minimum atomic E-state index is -4.44. The van der Waals surface area contributed by atoms with E-state index in [1.54, 1.807) is 42.5 Å². The van der Waals surface area contributed by atoms with Gasteiger partial charge < -0.3 is 24.4 Å². The minimum absolute atomic E-state index is 0.0491. The fraction of sp³-hybridized carbons (Fsp3) is 0.333. The molecule has 51 heavy (non-hydrogen) atoms. The maximum absolute atomic E-state index is 15.2. The molecule has 1 atom stereocenters. The van der Waals surface area contributed by atoms with Crippen molar-refractivity contribution >= 4 is 27.5 Å². The third kappa shape index (κ3) is 9.18. The number of nitrogens with one attached hydrogen (secondary N) is 1. The van der Waals surface area contributed by atoms with E-state index < -0.39 is 34.3 Å². The Morgan fingerprint density at radius 1 is 0.882 bits per heavy atom. The first-order valence-corrected chi connectivity index (χ1v) is 18.4. The van der Waals surface area contributed by atoms with Gasteiger partial charge >= 0.3 is 0 Å². The normalized spacial score (nSPS) is 13.6. The van der Waals surface area contributed by atoms with E-state index in [0.29, 0.717) is 18.1 Å². The third-order valence-electron chi connectivity index (χ3n) is 8.93. The van der Waals surface area contributed by atoms with Crippen LogP contribution in [0.15, 0.2) is 102 Å². The zero-order chi connectivity index (χ0) is 36.4. The molecule has 10 nitrogen and oxygen atoms in total. The van der Waals surface area contributed by atoms with Crippen LogP contribution < -0.4 is 23.8 Å². The lowest BCUT2D eigenvalue weighted by Crippen LogP contribution is -2.54. The van der Waals surface area contributed by atoms with E-state index in [1.807, 2.05) is 37.3 Å². The number of amides is 2. The molecule has 0 bridgehead atoms. The smallest absolute Gasteiger partial charge is 0.264 e. The number of ether oxygens (including phenoxy) is 3. The van der Waals surface area contributed by atoms with Crippen molar-refractivity contribution in [3.8, 4) is 17.2 Å². The van der Waals surface area contributed by atoms with E-state index in [2.05, 4.69) is 5.32 Å². The number of halogens is 1. The Balaban J connectivity index is 1.59. The Morgan fingerprint density at radius 2 is 1.55 bits per heavy atom. The summed E-state index contributed by atoms with van der Waals surface area (Å²) in [6.07, 6.45) is 3.74. The van der Waals surface area contributed by atoms with Crippen LogP contribution >= 0.6 is 0 Å². The van der Waals surface area contributed by atoms with Crippen molar-refractivity contribution in [2.24, 2.45) is 0 Å². The van der Waals surface area contributed by atoms with Crippen LogP contribution in [0.2, 0.25) is 0 Å². The molecule has 4 aromatic carbocycles. The molecule has 0 saturated heterocycles. The van der Waals surface area contributed by atoms with Gasteiger partial charge in [-0.2, -0.15) is 0 Å². The van der Waals surface area contributed by atoms with Crippen LogP contribution in [-0.4, -0.2) is 64.6 Å². The number of nitrogens with zero attached hydrogens (tertiary/aromatic N) is 2. The summed E-state index contributed by atoms with van der Waals surface area (Å²) < 4.78 is 61.5. The summed E-state index contributed by atoms with van der Waals surface area (Å²) in [5.41, 5.74) is 1.16. The fourth-order valence-corrected chi connectivity index (χ4v) is 7.67. The largest absolute Gasteiger partial charge is 0.494 e. The lowest BCUT2D eigenvalue weighted by molar-refractivity contribution is -0.140. The van der Waals surface area contributed by atoms with Crippen molar-refractivity contribution in [2.45, 2.75) is 62.6 Å². The molecule has 0 aliphatic heterocycles. The first kappa shape index (κ1) is 37.2. The second-order valence-electron chi connectivity index (χ2n) is 12.3. The molecule has 2 amide bonds. The van der Waals surface area contributed by atoms with Gasteiger partial charge in [-0.25, -0.2) is 12.8 Å². The SMILES string of the molecule is CCOc1ccc(N(CC(=O)N(Cc2ccccc2F)[C@@H](Cc2ccccc2)C(=O)NC2CCCC2)S(=O)(=O)c2ccc(OC)c(OC)c2)cc1. The maximum Gasteiger partial charge on any atom is 0.264 e. The number of benzene rings is 4. The van der Waals surface area contributed by atoms with E-state index in [4.69, 9.17) is 14.2 Å². The van der Waals surface area contributed by atoms with Crippen molar-refractivity contribution in [1.82, 2.24) is 10.2 Å². The minimum Gasteiger partial charge on any atom is -0.494 e. The summed E-state index contributed by atoms with van der Waals surface area (Å²) in [5.74, 6) is -0.600. The van der Waals surface area contributed by atoms with Crippen molar-refractivity contribution in [3.63, 3.8) is 0 Å². The summed E-state index contributed by atoms with van der Waals surface area (Å²) in [5, 5.41) is 3.12. The zero-order valence-corrected chi connectivity index (χ0v) is 29.9. The monoisotopic (exact) mass is 717 g/mol. The second kappa shape index (κ2) is 17.2. The molecule has 0 unspecified atom stereocenters. The Bertz CT molecular complexity index is 1880. The van der Waals surface area contributed by atoms with Crippen molar-refractivity contribution in [2.75, 3.05) is 31.7 Å². The lowest BCUT2D eigenvalue weighted by Gasteiger charge is -2.34. The van der Waals surface area contributed by atoms with Gasteiger partial charge in [0, 0.05) is 30.6 Å². The van der Waals surface area contributed by atoms with Crippen LogP contribution in [0.1, 0.15) is 43.7 Å². The van der Waals surface area contributed by atoms with Crippen molar-refractivity contribution in [3.05, 3.63) is 114 Å². The van der Waals surface area contributed by atoms with Gasteiger partial charge in [0.15, 0.2) is 11.5 Å². The highest BCUT2D eigenvalue weighted by Crippen LogP contribution is 2.33. The van der Waals surface area contributed by atoms with Gasteiger partial charge in [0.1, 0.15) is 24.2 Å². The van der Waals surface area contributed by atoms with Crippen molar-refractivity contribution in [1.29, 1.82) is 0 Å². The van der Waals surface area contributed by atoms with Crippen LogP contribution in [0.3, 0.4) is 0 Å². The molecule has 12 heteroatoms. The number of carbonyl (C=O) groups is 2. The van der Waals surface area contributed by atoms with Crippen molar-refractivity contribution < 1.29 is 36.6 Å². The van der Waals surface area contributed by atoms with Crippen LogP contribution in [0.5, 0.6) is 17.2 Å². The summed E-state index contributed by atoms with van der Waals surface area (Å²) >= 11 is 0. The van der Waals surface area contributed by atoms with Crippen LogP contribution in [0.4, 0.5) is 10.1 Å². The molecule has 1 aliphatic rings. The number of sulfonamides is 1. The Hall–Kier alpha value is -5.10. The van der Waals surface area contributed by atoms with Gasteiger partial charge in [0.05, 0.1) is 31.4 Å². The molecule has 5 rings (SSSR count). The van der Waals surface area contributed by atoms with Gasteiger partial charge in [-0.1, -0.05) is 61.4 Å². The van der Waals surface area contributed by atoms with E-state index in [9.17, 15) is 18.0 Å². The van der Waals surface area contributed by atoms with Crippen LogP contribution in [0, 0.1) is 5.82 Å². The number of carbonyl (C=O) groups excluding carboxylic acids is 2. The van der Waals surface area contributed by atoms with Gasteiger partial charge in [-0.3, -0.25) is 13.9 Å². The highest BCUT2D eigenvalue weighted by Gasteiger charge is 2.36. The molecule has 270 valence electrons. The Labute approximate surface area is 299 Å². The molecule has 0 aromatic heterocycles. The molecule has 1 aliphatic carbocycles. The number of rotatable bonds is 16. The highest BCUT2D eigenvalue weighted by atomic mass is 32.2. The second-order valence-corrected chi connectivity index (χ2v) is 14.1.